The number of hydrogen-bond acceptors (Lipinski definition) is 6. The first-order valence-corrected chi connectivity index (χ1v) is 9.83. The lowest BCUT2D eigenvalue weighted by molar-refractivity contribution is 0.459. The SMILES string of the molecule is CS(=O)(=O)NC1CCN(c2ccc3nnc(C4CC4)n3n2)CC1. The van der Waals surface area contributed by atoms with Crippen molar-refractivity contribution in [3.05, 3.63) is 18.0 Å². The zero-order chi connectivity index (χ0) is 16.0. The molecule has 1 aliphatic carbocycles. The predicted octanol–water partition coefficient (Wildman–Crippen LogP) is 0.520. The van der Waals surface area contributed by atoms with Crippen molar-refractivity contribution in [3.63, 3.8) is 0 Å². The van der Waals surface area contributed by atoms with E-state index in [2.05, 4.69) is 19.8 Å². The van der Waals surface area contributed by atoms with Gasteiger partial charge in [0.1, 0.15) is 5.82 Å². The van der Waals surface area contributed by atoms with Crippen molar-refractivity contribution in [2.24, 2.45) is 0 Å². The zero-order valence-electron chi connectivity index (χ0n) is 13.0. The molecular formula is C14H20N6O2S. The molecule has 2 fully saturated rings. The van der Waals surface area contributed by atoms with Gasteiger partial charge in [-0.1, -0.05) is 0 Å². The maximum Gasteiger partial charge on any atom is 0.208 e. The molecule has 124 valence electrons. The number of anilines is 1. The van der Waals surface area contributed by atoms with Crippen LogP contribution in [0.25, 0.3) is 5.65 Å². The van der Waals surface area contributed by atoms with E-state index in [1.54, 1.807) is 0 Å². The number of hydrogen-bond donors (Lipinski definition) is 1. The standard InChI is InChI=1S/C14H20N6O2S/c1-23(21,22)18-11-6-8-19(9-7-11)13-5-4-12-15-16-14(10-2-3-10)20(12)17-13/h4-5,10-11,18H,2-3,6-9H2,1H3. The van der Waals surface area contributed by atoms with Crippen LogP contribution in [-0.4, -0.2) is 53.6 Å². The molecular weight excluding hydrogens is 316 g/mol. The van der Waals surface area contributed by atoms with Gasteiger partial charge in [-0.05, 0) is 37.8 Å². The van der Waals surface area contributed by atoms with Gasteiger partial charge in [0.05, 0.1) is 6.26 Å². The highest BCUT2D eigenvalue weighted by Crippen LogP contribution is 2.38. The van der Waals surface area contributed by atoms with E-state index in [1.807, 2.05) is 16.6 Å². The van der Waals surface area contributed by atoms with Crippen LogP contribution in [0.2, 0.25) is 0 Å². The summed E-state index contributed by atoms with van der Waals surface area (Å²) >= 11 is 0. The van der Waals surface area contributed by atoms with Gasteiger partial charge in [-0.15, -0.1) is 15.3 Å². The molecule has 4 rings (SSSR count). The van der Waals surface area contributed by atoms with Crippen molar-refractivity contribution in [1.29, 1.82) is 0 Å². The second kappa shape index (κ2) is 5.41. The van der Waals surface area contributed by atoms with Crippen LogP contribution in [0, 0.1) is 0 Å². The first-order valence-electron chi connectivity index (χ1n) is 7.94. The molecule has 1 saturated carbocycles. The fourth-order valence-corrected chi connectivity index (χ4v) is 3.93. The van der Waals surface area contributed by atoms with Crippen LogP contribution >= 0.6 is 0 Å². The third-order valence-corrected chi connectivity index (χ3v) is 5.18. The molecule has 2 aliphatic rings. The fraction of sp³-hybridized carbons (Fsp3) is 0.643. The van der Waals surface area contributed by atoms with Crippen molar-refractivity contribution in [3.8, 4) is 0 Å². The molecule has 1 N–H and O–H groups in total. The number of sulfonamides is 1. The van der Waals surface area contributed by atoms with Crippen molar-refractivity contribution in [1.82, 2.24) is 24.5 Å². The molecule has 0 spiro atoms. The van der Waals surface area contributed by atoms with E-state index in [1.165, 1.54) is 6.26 Å². The second-order valence-corrected chi connectivity index (χ2v) is 8.23. The average Bonchev–Trinajstić information content (AvgIpc) is 3.26. The van der Waals surface area contributed by atoms with Crippen LogP contribution in [0.4, 0.5) is 5.82 Å². The van der Waals surface area contributed by atoms with Gasteiger partial charge in [0.15, 0.2) is 11.5 Å². The van der Waals surface area contributed by atoms with Crippen molar-refractivity contribution >= 4 is 21.5 Å². The van der Waals surface area contributed by atoms with Gasteiger partial charge in [0, 0.05) is 25.0 Å². The Hall–Kier alpha value is -1.74. The van der Waals surface area contributed by atoms with Gasteiger partial charge in [-0.2, -0.15) is 4.52 Å². The molecule has 1 aliphatic heterocycles. The van der Waals surface area contributed by atoms with Gasteiger partial charge < -0.3 is 4.90 Å². The van der Waals surface area contributed by atoms with E-state index in [-0.39, 0.29) is 6.04 Å². The minimum atomic E-state index is -3.14. The van der Waals surface area contributed by atoms with Gasteiger partial charge in [-0.25, -0.2) is 13.1 Å². The average molecular weight is 336 g/mol. The summed E-state index contributed by atoms with van der Waals surface area (Å²) in [6.45, 7) is 1.57. The zero-order valence-corrected chi connectivity index (χ0v) is 13.8. The highest BCUT2D eigenvalue weighted by Gasteiger charge is 2.30. The molecule has 0 bridgehead atoms. The second-order valence-electron chi connectivity index (χ2n) is 6.45. The van der Waals surface area contributed by atoms with Gasteiger partial charge in [0.2, 0.25) is 10.0 Å². The summed E-state index contributed by atoms with van der Waals surface area (Å²) < 4.78 is 27.2. The highest BCUT2D eigenvalue weighted by atomic mass is 32.2. The summed E-state index contributed by atoms with van der Waals surface area (Å²) in [7, 11) is -3.14. The summed E-state index contributed by atoms with van der Waals surface area (Å²) in [4.78, 5) is 2.19. The fourth-order valence-electron chi connectivity index (χ4n) is 3.09. The number of piperidine rings is 1. The summed E-state index contributed by atoms with van der Waals surface area (Å²) in [6, 6.07) is 3.93. The Morgan fingerprint density at radius 1 is 1.13 bits per heavy atom. The van der Waals surface area contributed by atoms with Crippen molar-refractivity contribution in [2.75, 3.05) is 24.2 Å². The number of rotatable bonds is 4. The summed E-state index contributed by atoms with van der Waals surface area (Å²) in [5, 5.41) is 13.1. The number of nitrogens with zero attached hydrogens (tertiary/aromatic N) is 5. The quantitative estimate of drug-likeness (QED) is 0.875. The third-order valence-electron chi connectivity index (χ3n) is 4.42. The predicted molar refractivity (Wildman–Crippen MR) is 86.0 cm³/mol. The lowest BCUT2D eigenvalue weighted by Crippen LogP contribution is -2.44. The molecule has 0 radical (unpaired) electrons. The van der Waals surface area contributed by atoms with Crippen LogP contribution in [0.3, 0.4) is 0 Å². The summed E-state index contributed by atoms with van der Waals surface area (Å²) in [5.74, 6) is 2.35. The molecule has 8 nitrogen and oxygen atoms in total. The molecule has 0 aromatic carbocycles. The maximum absolute atomic E-state index is 11.3. The smallest absolute Gasteiger partial charge is 0.208 e. The van der Waals surface area contributed by atoms with Gasteiger partial charge in [-0.3, -0.25) is 0 Å². The van der Waals surface area contributed by atoms with E-state index >= 15 is 0 Å². The Morgan fingerprint density at radius 3 is 2.52 bits per heavy atom. The molecule has 0 atom stereocenters. The Kier molecular flexibility index (Phi) is 3.49. The van der Waals surface area contributed by atoms with Crippen LogP contribution in [0.1, 0.15) is 37.4 Å². The molecule has 1 saturated heterocycles. The third kappa shape index (κ3) is 3.16. The first-order chi connectivity index (χ1) is 11.0. The Labute approximate surface area is 134 Å². The Balaban J connectivity index is 1.50. The first kappa shape index (κ1) is 14.8. The highest BCUT2D eigenvalue weighted by molar-refractivity contribution is 7.88. The van der Waals surface area contributed by atoms with Crippen LogP contribution in [-0.2, 0) is 10.0 Å². The monoisotopic (exact) mass is 336 g/mol. The van der Waals surface area contributed by atoms with Crippen molar-refractivity contribution < 1.29 is 8.42 Å². The normalized spacial score (nSPS) is 20.3. The lowest BCUT2D eigenvalue weighted by atomic mass is 10.1. The number of fused-ring (bicyclic) bond motifs is 1. The van der Waals surface area contributed by atoms with E-state index in [0.29, 0.717) is 5.92 Å². The van der Waals surface area contributed by atoms with E-state index in [9.17, 15) is 8.42 Å². The van der Waals surface area contributed by atoms with Crippen LogP contribution in [0.15, 0.2) is 12.1 Å². The van der Waals surface area contributed by atoms with Crippen molar-refractivity contribution in [2.45, 2.75) is 37.6 Å². The minimum Gasteiger partial charge on any atom is -0.355 e. The van der Waals surface area contributed by atoms with E-state index in [0.717, 1.165) is 56.1 Å². The lowest BCUT2D eigenvalue weighted by Gasteiger charge is -2.32. The minimum absolute atomic E-state index is 0.0157. The summed E-state index contributed by atoms with van der Waals surface area (Å²) in [5.41, 5.74) is 0.782. The Bertz CT molecular complexity index is 821. The molecule has 2 aromatic heterocycles. The van der Waals surface area contributed by atoms with Crippen LogP contribution in [0.5, 0.6) is 0 Å². The van der Waals surface area contributed by atoms with Gasteiger partial charge >= 0.3 is 0 Å². The van der Waals surface area contributed by atoms with Gasteiger partial charge in [0.25, 0.3) is 0 Å². The van der Waals surface area contributed by atoms with E-state index < -0.39 is 10.0 Å². The largest absolute Gasteiger partial charge is 0.355 e. The number of nitrogens with one attached hydrogen (secondary N) is 1. The maximum atomic E-state index is 11.3. The number of aromatic nitrogens is 4. The molecule has 0 amide bonds. The Morgan fingerprint density at radius 2 is 1.87 bits per heavy atom. The van der Waals surface area contributed by atoms with Crippen LogP contribution < -0.4 is 9.62 Å². The topological polar surface area (TPSA) is 92.5 Å². The molecule has 23 heavy (non-hydrogen) atoms. The molecule has 3 heterocycles. The molecule has 9 heteroatoms. The van der Waals surface area contributed by atoms with E-state index in [4.69, 9.17) is 5.10 Å². The molecule has 2 aromatic rings. The summed E-state index contributed by atoms with van der Waals surface area (Å²) in [6.07, 6.45) is 5.10. The molecule has 0 unspecified atom stereocenters.